The monoisotopic (exact) mass is 639 g/mol. The van der Waals surface area contributed by atoms with Crippen molar-refractivity contribution >= 4 is 47.7 Å². The van der Waals surface area contributed by atoms with Crippen LogP contribution in [-0.2, 0) is 36.3 Å². The normalized spacial score (nSPS) is 16.9. The number of likely N-dealkylation sites (tertiary alicyclic amines) is 1. The number of fused-ring (bicyclic) bond motifs is 1. The molecular weight excluding hydrogens is 607 g/mol. The maximum atomic E-state index is 14.5. The number of nitrogens with zero attached hydrogens (tertiary/aromatic N) is 2. The average Bonchev–Trinajstić information content (AvgIpc) is 3.53. The van der Waals surface area contributed by atoms with Gasteiger partial charge in [-0.05, 0) is 39.0 Å². The Morgan fingerprint density at radius 2 is 1.86 bits per heavy atom. The van der Waals surface area contributed by atoms with Gasteiger partial charge in [-0.25, -0.2) is 8.78 Å². The van der Waals surface area contributed by atoms with Crippen LogP contribution in [0.2, 0.25) is 5.02 Å². The number of aromatic nitrogens is 1. The Bertz CT molecular complexity index is 1560. The minimum Gasteiger partial charge on any atom is -0.481 e. The lowest BCUT2D eigenvalue weighted by molar-refractivity contribution is -0.139. The van der Waals surface area contributed by atoms with Crippen molar-refractivity contribution in [3.05, 3.63) is 64.6 Å². The van der Waals surface area contributed by atoms with E-state index in [0.29, 0.717) is 22.2 Å². The predicted molar refractivity (Wildman–Crippen MR) is 157 cm³/mol. The number of carbonyl (C=O) groups excluding carboxylic acids is 3. The number of halogens is 3. The van der Waals surface area contributed by atoms with Gasteiger partial charge in [0.15, 0.2) is 12.1 Å². The molecule has 1 aromatic heterocycles. The molecule has 2 heterocycles. The van der Waals surface area contributed by atoms with E-state index >= 15 is 0 Å². The molecule has 2 amide bonds. The van der Waals surface area contributed by atoms with Gasteiger partial charge in [-0.3, -0.25) is 18.9 Å². The second-order valence-corrected chi connectivity index (χ2v) is 12.4. The van der Waals surface area contributed by atoms with Crippen LogP contribution in [0.15, 0.2) is 42.6 Å². The van der Waals surface area contributed by atoms with E-state index in [1.807, 2.05) is 0 Å². The number of ketones is 1. The summed E-state index contributed by atoms with van der Waals surface area (Å²) >= 11 is 5.81. The molecule has 2 aromatic carbocycles. The van der Waals surface area contributed by atoms with Crippen LogP contribution in [0, 0.1) is 5.82 Å². The number of amides is 2. The van der Waals surface area contributed by atoms with Gasteiger partial charge in [-0.15, -0.1) is 0 Å². The summed E-state index contributed by atoms with van der Waals surface area (Å²) < 4.78 is 59.3. The Hall–Kier alpha value is -3.31. The molecule has 10 nitrogen and oxygen atoms in total. The average molecular weight is 640 g/mol. The second kappa shape index (κ2) is 14.0. The molecule has 0 bridgehead atoms. The number of hydrogen-bond acceptors (Lipinski definition) is 7. The van der Waals surface area contributed by atoms with Crippen LogP contribution in [0.1, 0.15) is 43.1 Å². The highest BCUT2D eigenvalue weighted by molar-refractivity contribution is 7.53. The first-order valence-corrected chi connectivity index (χ1v) is 15.9. The van der Waals surface area contributed by atoms with Crippen molar-refractivity contribution < 1.29 is 41.5 Å². The van der Waals surface area contributed by atoms with Gasteiger partial charge in [0.1, 0.15) is 30.3 Å². The fraction of sp³-hybridized carbons (Fsp3) is 0.414. The van der Waals surface area contributed by atoms with E-state index < -0.39 is 37.4 Å². The summed E-state index contributed by atoms with van der Waals surface area (Å²) in [7, 11) is -3.50. The van der Waals surface area contributed by atoms with Gasteiger partial charge < -0.3 is 28.6 Å². The minimum absolute atomic E-state index is 0.0942. The quantitative estimate of drug-likeness (QED) is 0.194. The van der Waals surface area contributed by atoms with Crippen LogP contribution in [0.4, 0.5) is 8.78 Å². The van der Waals surface area contributed by atoms with Gasteiger partial charge in [-0.1, -0.05) is 23.7 Å². The summed E-state index contributed by atoms with van der Waals surface area (Å²) in [6, 6.07) is 8.11. The first-order valence-electron chi connectivity index (χ1n) is 13.7. The van der Waals surface area contributed by atoms with E-state index in [4.69, 9.17) is 25.4 Å². The third-order valence-corrected chi connectivity index (χ3v) is 8.98. The highest BCUT2D eigenvalue weighted by Crippen LogP contribution is 2.48. The zero-order chi connectivity index (χ0) is 31.3. The maximum Gasteiger partial charge on any atom is 0.367 e. The fourth-order valence-electron chi connectivity index (χ4n) is 4.96. The van der Waals surface area contributed by atoms with Crippen molar-refractivity contribution in [3.63, 3.8) is 0 Å². The molecule has 3 aromatic rings. The summed E-state index contributed by atoms with van der Waals surface area (Å²) in [4.78, 5) is 40.0. The zero-order valence-electron chi connectivity index (χ0n) is 24.0. The lowest BCUT2D eigenvalue weighted by atomic mass is 10.1. The van der Waals surface area contributed by atoms with E-state index in [9.17, 15) is 27.7 Å². The van der Waals surface area contributed by atoms with Crippen molar-refractivity contribution in [3.8, 4) is 5.75 Å². The molecule has 1 aliphatic rings. The molecule has 1 N–H and O–H groups in total. The summed E-state index contributed by atoms with van der Waals surface area (Å²) in [6.45, 7) is 4.31. The summed E-state index contributed by atoms with van der Waals surface area (Å²) in [6.07, 6.45) is -0.470. The smallest absolute Gasteiger partial charge is 0.367 e. The summed E-state index contributed by atoms with van der Waals surface area (Å²) in [5.74, 6) is -1.79. The SMILES string of the molecule is CCOP(=O)(COc1ccc2c(C(C)=O)cn(CC(=O)N3CC(F)CC3C(=O)NCc3cccc(Cl)c3F)c2c1)OCC. The van der Waals surface area contributed by atoms with E-state index in [1.54, 1.807) is 38.1 Å². The van der Waals surface area contributed by atoms with Crippen LogP contribution in [0.3, 0.4) is 0 Å². The molecule has 0 aliphatic carbocycles. The molecule has 1 saturated heterocycles. The standard InChI is InChI=1S/C29H33ClF2N3O7P/c1-4-41-43(39,42-5-2)17-40-21-9-10-22-23(18(3)36)15-34(25(22)12-21)16-27(37)35-14-20(31)11-26(35)29(38)33-13-19-7-6-8-24(30)28(19)32/h6-10,12,15,20,26H,4-5,11,13-14,16-17H2,1-3H3,(H,33,38). The van der Waals surface area contributed by atoms with Crippen LogP contribution >= 0.6 is 19.2 Å². The van der Waals surface area contributed by atoms with E-state index in [1.165, 1.54) is 29.8 Å². The molecule has 0 radical (unpaired) electrons. The molecule has 43 heavy (non-hydrogen) atoms. The number of benzene rings is 2. The predicted octanol–water partition coefficient (Wildman–Crippen LogP) is 5.49. The van der Waals surface area contributed by atoms with Gasteiger partial charge in [0, 0.05) is 41.7 Å². The minimum atomic E-state index is -3.50. The van der Waals surface area contributed by atoms with Crippen molar-refractivity contribution in [2.24, 2.45) is 0 Å². The molecule has 1 fully saturated rings. The van der Waals surface area contributed by atoms with Gasteiger partial charge in [-0.2, -0.15) is 0 Å². The highest BCUT2D eigenvalue weighted by atomic mass is 35.5. The lowest BCUT2D eigenvalue weighted by Crippen LogP contribution is -2.46. The van der Waals surface area contributed by atoms with E-state index in [0.717, 1.165) is 4.90 Å². The number of nitrogens with one attached hydrogen (secondary N) is 1. The Kier molecular flexibility index (Phi) is 10.6. The summed E-state index contributed by atoms with van der Waals surface area (Å²) in [5.41, 5.74) is 0.972. The van der Waals surface area contributed by atoms with Gasteiger partial charge in [0.05, 0.1) is 30.3 Å². The Morgan fingerprint density at radius 1 is 1.14 bits per heavy atom. The van der Waals surface area contributed by atoms with Gasteiger partial charge in [0.25, 0.3) is 0 Å². The van der Waals surface area contributed by atoms with E-state index in [-0.39, 0.29) is 62.0 Å². The lowest BCUT2D eigenvalue weighted by Gasteiger charge is -2.24. The molecule has 1 aliphatic heterocycles. The first kappa shape index (κ1) is 32.6. The zero-order valence-corrected chi connectivity index (χ0v) is 25.6. The molecule has 2 unspecified atom stereocenters. The molecule has 14 heteroatoms. The van der Waals surface area contributed by atoms with Crippen molar-refractivity contribution in [2.45, 2.75) is 52.5 Å². The molecule has 2 atom stereocenters. The van der Waals surface area contributed by atoms with Gasteiger partial charge in [0.2, 0.25) is 11.8 Å². The van der Waals surface area contributed by atoms with Crippen molar-refractivity contribution in [2.75, 3.05) is 26.1 Å². The molecule has 232 valence electrons. The van der Waals surface area contributed by atoms with Crippen LogP contribution < -0.4 is 10.1 Å². The number of alkyl halides is 1. The maximum absolute atomic E-state index is 14.5. The molecular formula is C29H33ClF2N3O7P. The third-order valence-electron chi connectivity index (χ3n) is 6.94. The number of hydrogen-bond donors (Lipinski definition) is 1. The number of carbonyl (C=O) groups is 3. The molecule has 0 spiro atoms. The fourth-order valence-corrected chi connectivity index (χ4v) is 6.47. The molecule has 0 saturated carbocycles. The summed E-state index contributed by atoms with van der Waals surface area (Å²) in [5, 5.41) is 3.02. The van der Waals surface area contributed by atoms with Crippen LogP contribution in [-0.4, -0.2) is 65.4 Å². The topological polar surface area (TPSA) is 116 Å². The Balaban J connectivity index is 1.53. The largest absolute Gasteiger partial charge is 0.481 e. The second-order valence-electron chi connectivity index (χ2n) is 9.95. The van der Waals surface area contributed by atoms with Crippen LogP contribution in [0.25, 0.3) is 10.9 Å². The first-order chi connectivity index (χ1) is 20.5. The van der Waals surface area contributed by atoms with Crippen molar-refractivity contribution in [1.82, 2.24) is 14.8 Å². The Labute approximate surface area is 252 Å². The number of ether oxygens (including phenoxy) is 1. The third kappa shape index (κ3) is 7.62. The van der Waals surface area contributed by atoms with E-state index in [2.05, 4.69) is 5.32 Å². The molecule has 4 rings (SSSR count). The van der Waals surface area contributed by atoms with Crippen molar-refractivity contribution in [1.29, 1.82) is 0 Å². The number of rotatable bonds is 13. The highest BCUT2D eigenvalue weighted by Gasteiger charge is 2.40. The van der Waals surface area contributed by atoms with Crippen LogP contribution in [0.5, 0.6) is 5.75 Å². The van der Waals surface area contributed by atoms with Gasteiger partial charge >= 0.3 is 7.60 Å². The number of Topliss-reactive ketones (excluding diaryl/α,β-unsaturated/α-hetero) is 1. The Morgan fingerprint density at radius 3 is 2.53 bits per heavy atom.